The molecule has 2 atom stereocenters. The Morgan fingerprint density at radius 2 is 2.12 bits per heavy atom. The molecule has 1 aliphatic carbocycles. The van der Waals surface area contributed by atoms with Crippen molar-refractivity contribution in [2.24, 2.45) is 0 Å². The molecule has 0 spiro atoms. The fourth-order valence-corrected chi connectivity index (χ4v) is 2.57. The fraction of sp³-hybridized carbons (Fsp3) is 1.00. The van der Waals surface area contributed by atoms with Crippen molar-refractivity contribution >= 4 is 0 Å². The minimum Gasteiger partial charge on any atom is -0.394 e. The second-order valence-corrected chi connectivity index (χ2v) is 5.31. The van der Waals surface area contributed by atoms with E-state index >= 15 is 0 Å². The molecule has 0 amide bonds. The molecule has 0 aromatic rings. The second-order valence-electron chi connectivity index (χ2n) is 5.31. The molecular formula is C14H29NO2. The van der Waals surface area contributed by atoms with Crippen LogP contribution in [-0.4, -0.2) is 36.5 Å². The second kappa shape index (κ2) is 8.06. The molecule has 2 unspecified atom stereocenters. The van der Waals surface area contributed by atoms with Gasteiger partial charge in [-0.05, 0) is 38.6 Å². The van der Waals surface area contributed by atoms with Gasteiger partial charge in [-0.2, -0.15) is 0 Å². The maximum atomic E-state index is 9.55. The molecule has 17 heavy (non-hydrogen) atoms. The van der Waals surface area contributed by atoms with E-state index < -0.39 is 0 Å². The van der Waals surface area contributed by atoms with Crippen LogP contribution in [0.3, 0.4) is 0 Å². The van der Waals surface area contributed by atoms with Gasteiger partial charge < -0.3 is 15.2 Å². The Morgan fingerprint density at radius 3 is 2.76 bits per heavy atom. The van der Waals surface area contributed by atoms with Crippen molar-refractivity contribution in [3.63, 3.8) is 0 Å². The van der Waals surface area contributed by atoms with E-state index in [1.54, 1.807) is 0 Å². The van der Waals surface area contributed by atoms with Gasteiger partial charge in [0.2, 0.25) is 0 Å². The zero-order valence-corrected chi connectivity index (χ0v) is 11.5. The summed E-state index contributed by atoms with van der Waals surface area (Å²) < 4.78 is 5.89. The third-order valence-electron chi connectivity index (χ3n) is 3.72. The van der Waals surface area contributed by atoms with Crippen molar-refractivity contribution in [1.82, 2.24) is 5.32 Å². The Hall–Kier alpha value is -0.120. The highest BCUT2D eigenvalue weighted by atomic mass is 16.5. The number of aliphatic hydroxyl groups is 1. The van der Waals surface area contributed by atoms with Crippen molar-refractivity contribution in [3.8, 4) is 0 Å². The van der Waals surface area contributed by atoms with Gasteiger partial charge in [0.25, 0.3) is 0 Å². The predicted molar refractivity (Wildman–Crippen MR) is 71.2 cm³/mol. The summed E-state index contributed by atoms with van der Waals surface area (Å²) in [7, 11) is 0. The van der Waals surface area contributed by atoms with Crippen LogP contribution in [0.1, 0.15) is 58.8 Å². The minimum atomic E-state index is -0.0641. The largest absolute Gasteiger partial charge is 0.394 e. The first kappa shape index (κ1) is 14.9. The zero-order chi connectivity index (χ0) is 12.6. The van der Waals surface area contributed by atoms with Crippen LogP contribution in [0.2, 0.25) is 0 Å². The molecule has 0 bridgehead atoms. The summed E-state index contributed by atoms with van der Waals surface area (Å²) in [4.78, 5) is 0. The molecule has 1 fully saturated rings. The number of aliphatic hydroxyl groups excluding tert-OH is 1. The topological polar surface area (TPSA) is 41.5 Å². The normalized spacial score (nSPS) is 28.8. The van der Waals surface area contributed by atoms with E-state index in [2.05, 4.69) is 19.2 Å². The van der Waals surface area contributed by atoms with Gasteiger partial charge in [-0.25, -0.2) is 0 Å². The minimum absolute atomic E-state index is 0.0641. The summed E-state index contributed by atoms with van der Waals surface area (Å²) in [6.45, 7) is 6.48. The van der Waals surface area contributed by atoms with Gasteiger partial charge in [-0.3, -0.25) is 0 Å². The van der Waals surface area contributed by atoms with E-state index in [1.807, 2.05) is 0 Å². The van der Waals surface area contributed by atoms with Crippen LogP contribution in [-0.2, 0) is 4.74 Å². The number of unbranched alkanes of at least 4 members (excludes halogenated alkanes) is 2. The Labute approximate surface area is 106 Å². The Kier molecular flexibility index (Phi) is 7.09. The molecule has 0 aromatic carbocycles. The Bertz CT molecular complexity index is 199. The number of ether oxygens (including phenoxy) is 1. The van der Waals surface area contributed by atoms with Crippen LogP contribution in [0.15, 0.2) is 0 Å². The number of nitrogens with one attached hydrogen (secondary N) is 1. The lowest BCUT2D eigenvalue weighted by Gasteiger charge is -2.28. The summed E-state index contributed by atoms with van der Waals surface area (Å²) in [5.41, 5.74) is -0.0641. The fourth-order valence-electron chi connectivity index (χ4n) is 2.57. The Morgan fingerprint density at radius 1 is 1.29 bits per heavy atom. The van der Waals surface area contributed by atoms with Crippen LogP contribution in [0, 0.1) is 0 Å². The van der Waals surface area contributed by atoms with Crippen LogP contribution < -0.4 is 5.32 Å². The summed E-state index contributed by atoms with van der Waals surface area (Å²) in [6, 6.07) is 0. The molecule has 3 nitrogen and oxygen atoms in total. The average Bonchev–Trinajstić information content (AvgIpc) is 2.77. The first-order chi connectivity index (χ1) is 8.26. The van der Waals surface area contributed by atoms with Crippen LogP contribution in [0.4, 0.5) is 0 Å². The smallest absolute Gasteiger partial charge is 0.0614 e. The summed E-state index contributed by atoms with van der Waals surface area (Å²) in [6.07, 6.45) is 8.23. The predicted octanol–water partition coefficient (Wildman–Crippen LogP) is 2.48. The van der Waals surface area contributed by atoms with Gasteiger partial charge in [0.05, 0.1) is 12.7 Å². The maximum Gasteiger partial charge on any atom is 0.0614 e. The van der Waals surface area contributed by atoms with Crippen molar-refractivity contribution in [3.05, 3.63) is 0 Å². The van der Waals surface area contributed by atoms with E-state index in [4.69, 9.17) is 4.74 Å². The van der Waals surface area contributed by atoms with Crippen LogP contribution in [0.5, 0.6) is 0 Å². The molecular weight excluding hydrogens is 214 g/mol. The van der Waals surface area contributed by atoms with E-state index in [9.17, 15) is 5.11 Å². The quantitative estimate of drug-likeness (QED) is 0.611. The van der Waals surface area contributed by atoms with Crippen molar-refractivity contribution in [2.75, 3.05) is 19.8 Å². The molecule has 1 aliphatic rings. The summed E-state index contributed by atoms with van der Waals surface area (Å²) in [5, 5.41) is 13.0. The molecule has 0 radical (unpaired) electrons. The molecule has 102 valence electrons. The summed E-state index contributed by atoms with van der Waals surface area (Å²) in [5.74, 6) is 0. The van der Waals surface area contributed by atoms with Gasteiger partial charge in [-0.15, -0.1) is 0 Å². The molecule has 0 heterocycles. The standard InChI is InChI=1S/C14H29NO2/c1-3-5-6-10-17-13-7-8-14(11-13,12-16)15-9-4-2/h13,15-16H,3-12H2,1-2H3. The lowest BCUT2D eigenvalue weighted by Crippen LogP contribution is -2.47. The van der Waals surface area contributed by atoms with E-state index in [0.717, 1.165) is 38.8 Å². The highest BCUT2D eigenvalue weighted by Crippen LogP contribution is 2.31. The lowest BCUT2D eigenvalue weighted by atomic mass is 9.98. The van der Waals surface area contributed by atoms with E-state index in [1.165, 1.54) is 19.3 Å². The molecule has 3 heteroatoms. The van der Waals surface area contributed by atoms with Gasteiger partial charge in [0, 0.05) is 12.1 Å². The van der Waals surface area contributed by atoms with Gasteiger partial charge in [-0.1, -0.05) is 26.7 Å². The number of hydrogen-bond donors (Lipinski definition) is 2. The molecule has 0 saturated heterocycles. The number of hydrogen-bond acceptors (Lipinski definition) is 3. The molecule has 0 aromatic heterocycles. The highest BCUT2D eigenvalue weighted by molar-refractivity contribution is 4.96. The van der Waals surface area contributed by atoms with Crippen molar-refractivity contribution in [2.45, 2.75) is 70.4 Å². The lowest BCUT2D eigenvalue weighted by molar-refractivity contribution is 0.0446. The van der Waals surface area contributed by atoms with Gasteiger partial charge in [0.15, 0.2) is 0 Å². The van der Waals surface area contributed by atoms with Crippen LogP contribution in [0.25, 0.3) is 0 Å². The van der Waals surface area contributed by atoms with Crippen LogP contribution >= 0.6 is 0 Å². The van der Waals surface area contributed by atoms with Crippen molar-refractivity contribution < 1.29 is 9.84 Å². The van der Waals surface area contributed by atoms with Gasteiger partial charge in [0.1, 0.15) is 0 Å². The van der Waals surface area contributed by atoms with Crippen molar-refractivity contribution in [1.29, 1.82) is 0 Å². The Balaban J connectivity index is 2.23. The SMILES string of the molecule is CCCCCOC1CCC(CO)(NCCC)C1. The third-order valence-corrected chi connectivity index (χ3v) is 3.72. The highest BCUT2D eigenvalue weighted by Gasteiger charge is 2.38. The van der Waals surface area contributed by atoms with E-state index in [0.29, 0.717) is 6.10 Å². The zero-order valence-electron chi connectivity index (χ0n) is 11.5. The third kappa shape index (κ3) is 4.94. The first-order valence-corrected chi connectivity index (χ1v) is 7.24. The molecule has 0 aliphatic heterocycles. The molecule has 1 saturated carbocycles. The monoisotopic (exact) mass is 243 g/mol. The summed E-state index contributed by atoms with van der Waals surface area (Å²) >= 11 is 0. The maximum absolute atomic E-state index is 9.55. The van der Waals surface area contributed by atoms with E-state index in [-0.39, 0.29) is 12.1 Å². The molecule has 2 N–H and O–H groups in total. The number of rotatable bonds is 9. The van der Waals surface area contributed by atoms with Gasteiger partial charge >= 0.3 is 0 Å². The first-order valence-electron chi connectivity index (χ1n) is 7.24. The average molecular weight is 243 g/mol. The molecule has 1 rings (SSSR count).